The van der Waals surface area contributed by atoms with E-state index in [1.54, 1.807) is 38.1 Å². The number of allylic oxidation sites excluding steroid dienone is 1. The highest BCUT2D eigenvalue weighted by atomic mass is 79.9. The molecule has 0 amide bonds. The van der Waals surface area contributed by atoms with Crippen molar-refractivity contribution >= 4 is 33.7 Å². The van der Waals surface area contributed by atoms with Crippen LogP contribution in [-0.4, -0.2) is 30.9 Å². The second-order valence-electron chi connectivity index (χ2n) is 5.45. The van der Waals surface area contributed by atoms with E-state index in [2.05, 4.69) is 22.5 Å². The first-order chi connectivity index (χ1) is 11.9. The summed E-state index contributed by atoms with van der Waals surface area (Å²) in [5.74, 6) is -1.52. The minimum Gasteiger partial charge on any atom is -0.465 e. The van der Waals surface area contributed by atoms with E-state index in [0.29, 0.717) is 5.56 Å². The third kappa shape index (κ3) is 5.53. The first-order valence-corrected chi connectivity index (χ1v) is 8.94. The summed E-state index contributed by atoms with van der Waals surface area (Å²) in [6.45, 7) is 7.22. The van der Waals surface area contributed by atoms with Gasteiger partial charge in [-0.05, 0) is 38.8 Å². The number of hydrogen-bond acceptors (Lipinski definition) is 5. The summed E-state index contributed by atoms with van der Waals surface area (Å²) in [6.07, 6.45) is 1.55. The Bertz CT molecular complexity index is 603. The molecule has 1 aromatic carbocycles. The maximum atomic E-state index is 12.5. The van der Waals surface area contributed by atoms with E-state index in [1.165, 1.54) is 6.08 Å². The average molecular weight is 411 g/mol. The lowest BCUT2D eigenvalue weighted by atomic mass is 9.79. The number of Topliss-reactive ketones (excluding diaryl/α,β-unsaturated/α-hetero) is 1. The standard InChI is InChI=1S/C19H23BrO5/c1-4-12-19(17(22)24-5-2,18(23)25-6-3)13-11-16(21)14-7-9-15(20)10-8-14/h4,7-10H,1,5-6,11-13H2,2-3H3. The molecule has 5 nitrogen and oxygen atoms in total. The number of ketones is 1. The highest BCUT2D eigenvalue weighted by Crippen LogP contribution is 2.33. The average Bonchev–Trinajstić information content (AvgIpc) is 2.59. The Hall–Kier alpha value is -1.95. The summed E-state index contributed by atoms with van der Waals surface area (Å²) in [4.78, 5) is 37.4. The molecule has 6 heteroatoms. The quantitative estimate of drug-likeness (QED) is 0.251. The highest BCUT2D eigenvalue weighted by molar-refractivity contribution is 9.10. The van der Waals surface area contributed by atoms with Crippen molar-refractivity contribution < 1.29 is 23.9 Å². The smallest absolute Gasteiger partial charge is 0.323 e. The van der Waals surface area contributed by atoms with E-state index in [9.17, 15) is 14.4 Å². The molecule has 0 aliphatic heterocycles. The number of esters is 2. The zero-order valence-corrected chi connectivity index (χ0v) is 16.1. The van der Waals surface area contributed by atoms with Crippen LogP contribution in [0.5, 0.6) is 0 Å². The van der Waals surface area contributed by atoms with Crippen molar-refractivity contribution in [3.63, 3.8) is 0 Å². The van der Waals surface area contributed by atoms with Crippen LogP contribution in [0.3, 0.4) is 0 Å². The molecular weight excluding hydrogens is 388 g/mol. The maximum Gasteiger partial charge on any atom is 0.323 e. The molecule has 25 heavy (non-hydrogen) atoms. The first kappa shape index (κ1) is 21.1. The first-order valence-electron chi connectivity index (χ1n) is 8.15. The second-order valence-corrected chi connectivity index (χ2v) is 6.36. The maximum absolute atomic E-state index is 12.5. The predicted molar refractivity (Wildman–Crippen MR) is 98.2 cm³/mol. The fourth-order valence-corrected chi connectivity index (χ4v) is 2.71. The predicted octanol–water partition coefficient (Wildman–Crippen LogP) is 4.10. The van der Waals surface area contributed by atoms with Gasteiger partial charge in [-0.25, -0.2) is 0 Å². The van der Waals surface area contributed by atoms with Crippen LogP contribution in [0.15, 0.2) is 41.4 Å². The van der Waals surface area contributed by atoms with E-state index < -0.39 is 17.4 Å². The van der Waals surface area contributed by atoms with Gasteiger partial charge in [-0.1, -0.05) is 34.1 Å². The van der Waals surface area contributed by atoms with Crippen LogP contribution in [0, 0.1) is 5.41 Å². The van der Waals surface area contributed by atoms with Crippen molar-refractivity contribution in [3.8, 4) is 0 Å². The Kier molecular flexibility index (Phi) is 8.55. The third-order valence-electron chi connectivity index (χ3n) is 3.77. The molecule has 0 heterocycles. The van der Waals surface area contributed by atoms with Gasteiger partial charge in [0.25, 0.3) is 0 Å². The topological polar surface area (TPSA) is 69.7 Å². The number of carbonyl (C=O) groups is 3. The number of rotatable bonds is 10. The van der Waals surface area contributed by atoms with Crippen molar-refractivity contribution in [1.29, 1.82) is 0 Å². The minimum atomic E-state index is -1.54. The minimum absolute atomic E-state index is 0.00554. The van der Waals surface area contributed by atoms with Gasteiger partial charge in [0, 0.05) is 16.5 Å². The van der Waals surface area contributed by atoms with Crippen molar-refractivity contribution in [2.24, 2.45) is 5.41 Å². The molecule has 1 aromatic rings. The Balaban J connectivity index is 3.03. The van der Waals surface area contributed by atoms with Gasteiger partial charge in [-0.3, -0.25) is 14.4 Å². The zero-order valence-electron chi connectivity index (χ0n) is 14.5. The van der Waals surface area contributed by atoms with Gasteiger partial charge in [0.05, 0.1) is 13.2 Å². The lowest BCUT2D eigenvalue weighted by molar-refractivity contribution is -0.172. The van der Waals surface area contributed by atoms with Crippen LogP contribution in [-0.2, 0) is 19.1 Å². The molecule has 0 spiro atoms. The molecule has 136 valence electrons. The van der Waals surface area contributed by atoms with E-state index in [1.807, 2.05) is 0 Å². The highest BCUT2D eigenvalue weighted by Gasteiger charge is 2.47. The van der Waals surface area contributed by atoms with Gasteiger partial charge >= 0.3 is 11.9 Å². The van der Waals surface area contributed by atoms with Crippen molar-refractivity contribution in [2.45, 2.75) is 33.1 Å². The summed E-state index contributed by atoms with van der Waals surface area (Å²) in [5.41, 5.74) is -1.03. The number of benzene rings is 1. The van der Waals surface area contributed by atoms with Gasteiger partial charge in [-0.15, -0.1) is 6.58 Å². The lowest BCUT2D eigenvalue weighted by Gasteiger charge is -2.27. The van der Waals surface area contributed by atoms with E-state index in [4.69, 9.17) is 9.47 Å². The molecule has 1 rings (SSSR count). The number of halogens is 1. The molecule has 0 saturated carbocycles. The molecular formula is C19H23BrO5. The van der Waals surface area contributed by atoms with Crippen LogP contribution >= 0.6 is 15.9 Å². The van der Waals surface area contributed by atoms with Crippen LogP contribution < -0.4 is 0 Å². The molecule has 0 aromatic heterocycles. The van der Waals surface area contributed by atoms with E-state index in [0.717, 1.165) is 4.47 Å². The molecule has 0 saturated heterocycles. The Morgan fingerprint density at radius 2 is 1.60 bits per heavy atom. The molecule has 0 unspecified atom stereocenters. The zero-order chi connectivity index (χ0) is 18.9. The third-order valence-corrected chi connectivity index (χ3v) is 4.30. The second kappa shape index (κ2) is 10.1. The van der Waals surface area contributed by atoms with Crippen LogP contribution in [0.4, 0.5) is 0 Å². The van der Waals surface area contributed by atoms with Crippen LogP contribution in [0.25, 0.3) is 0 Å². The van der Waals surface area contributed by atoms with Gasteiger partial charge in [0.2, 0.25) is 0 Å². The SMILES string of the molecule is C=CCC(CCC(=O)c1ccc(Br)cc1)(C(=O)OCC)C(=O)OCC. The summed E-state index contributed by atoms with van der Waals surface area (Å²) in [5, 5.41) is 0. The Morgan fingerprint density at radius 3 is 2.04 bits per heavy atom. The van der Waals surface area contributed by atoms with E-state index >= 15 is 0 Å². The monoisotopic (exact) mass is 410 g/mol. The largest absolute Gasteiger partial charge is 0.465 e. The van der Waals surface area contributed by atoms with Crippen LogP contribution in [0.1, 0.15) is 43.5 Å². The van der Waals surface area contributed by atoms with Crippen molar-refractivity contribution in [3.05, 3.63) is 47.0 Å². The van der Waals surface area contributed by atoms with Gasteiger partial charge < -0.3 is 9.47 Å². The Labute approximate surface area is 156 Å². The molecule has 0 atom stereocenters. The molecule has 0 aliphatic rings. The molecule has 0 fully saturated rings. The van der Waals surface area contributed by atoms with Crippen LogP contribution in [0.2, 0.25) is 0 Å². The summed E-state index contributed by atoms with van der Waals surface area (Å²) < 4.78 is 11.0. The van der Waals surface area contributed by atoms with Crippen molar-refractivity contribution in [2.75, 3.05) is 13.2 Å². The summed E-state index contributed by atoms with van der Waals surface area (Å²) >= 11 is 3.31. The summed E-state index contributed by atoms with van der Waals surface area (Å²) in [6, 6.07) is 6.91. The van der Waals surface area contributed by atoms with E-state index in [-0.39, 0.29) is 38.3 Å². The fourth-order valence-electron chi connectivity index (χ4n) is 2.45. The number of carbonyl (C=O) groups excluding carboxylic acids is 3. The number of ether oxygens (including phenoxy) is 2. The van der Waals surface area contributed by atoms with Gasteiger partial charge in [0.15, 0.2) is 11.2 Å². The lowest BCUT2D eigenvalue weighted by Crippen LogP contribution is -2.42. The molecule has 0 bridgehead atoms. The number of hydrogen-bond donors (Lipinski definition) is 0. The summed E-state index contributed by atoms with van der Waals surface area (Å²) in [7, 11) is 0. The fraction of sp³-hybridized carbons (Fsp3) is 0.421. The van der Waals surface area contributed by atoms with Crippen molar-refractivity contribution in [1.82, 2.24) is 0 Å². The molecule has 0 aliphatic carbocycles. The normalized spacial score (nSPS) is 10.8. The Morgan fingerprint density at radius 1 is 1.08 bits per heavy atom. The molecule has 0 N–H and O–H groups in total. The van der Waals surface area contributed by atoms with Gasteiger partial charge in [-0.2, -0.15) is 0 Å². The molecule has 0 radical (unpaired) electrons. The van der Waals surface area contributed by atoms with Gasteiger partial charge in [0.1, 0.15) is 0 Å².